The first-order valence-corrected chi connectivity index (χ1v) is 8.10. The highest BCUT2D eigenvalue weighted by molar-refractivity contribution is 7.46. The monoisotopic (exact) mass is 374 g/mol. The van der Waals surface area contributed by atoms with Crippen LogP contribution in [0.25, 0.3) is 5.76 Å². The van der Waals surface area contributed by atoms with Crippen molar-refractivity contribution < 1.29 is 28.4 Å². The standard InChI is InChI=1S/C11H10Cl3O6P/c1-2-19-11(15)9(14)10(20-21(16,17)18)6-4-3-5-7(12)8(6)13/h3-5H,2H2,1H3,(H2,16,17,18). The van der Waals surface area contributed by atoms with Gasteiger partial charge in [0.05, 0.1) is 16.7 Å². The third-order valence-electron chi connectivity index (χ3n) is 2.06. The largest absolute Gasteiger partial charge is 0.524 e. The number of phosphoric ester groups is 1. The first-order chi connectivity index (χ1) is 9.67. The number of carbonyl (C=O) groups is 1. The molecule has 21 heavy (non-hydrogen) atoms. The Morgan fingerprint density at radius 2 is 1.95 bits per heavy atom. The number of carbonyl (C=O) groups excluding carboxylic acids is 1. The minimum atomic E-state index is -4.99. The highest BCUT2D eigenvalue weighted by atomic mass is 35.5. The smallest absolute Gasteiger partial charge is 0.462 e. The molecule has 1 rings (SSSR count). The van der Waals surface area contributed by atoms with Gasteiger partial charge in [-0.1, -0.05) is 40.9 Å². The molecule has 116 valence electrons. The number of benzene rings is 1. The molecule has 0 saturated heterocycles. The number of ether oxygens (including phenoxy) is 1. The Morgan fingerprint density at radius 3 is 2.48 bits per heavy atom. The molecule has 0 aliphatic carbocycles. The van der Waals surface area contributed by atoms with Crippen molar-refractivity contribution >= 4 is 54.4 Å². The van der Waals surface area contributed by atoms with Gasteiger partial charge in [0.15, 0.2) is 10.8 Å². The van der Waals surface area contributed by atoms with Crippen LogP contribution in [0.4, 0.5) is 0 Å². The van der Waals surface area contributed by atoms with E-state index in [-0.39, 0.29) is 22.2 Å². The highest BCUT2D eigenvalue weighted by Crippen LogP contribution is 2.45. The maximum atomic E-state index is 11.6. The summed E-state index contributed by atoms with van der Waals surface area (Å²) in [4.78, 5) is 29.5. The molecule has 0 spiro atoms. The van der Waals surface area contributed by atoms with Crippen molar-refractivity contribution in [2.75, 3.05) is 6.61 Å². The first-order valence-electron chi connectivity index (χ1n) is 5.43. The number of halogens is 3. The summed E-state index contributed by atoms with van der Waals surface area (Å²) in [7, 11) is -4.99. The third kappa shape index (κ3) is 5.18. The van der Waals surface area contributed by atoms with Gasteiger partial charge in [0.1, 0.15) is 0 Å². The van der Waals surface area contributed by atoms with Crippen molar-refractivity contribution in [2.24, 2.45) is 0 Å². The molecule has 0 heterocycles. The summed E-state index contributed by atoms with van der Waals surface area (Å²) in [5.41, 5.74) is -0.0504. The Bertz CT molecular complexity index is 624. The predicted octanol–water partition coefficient (Wildman–Crippen LogP) is 3.57. The molecule has 1 aromatic rings. The zero-order valence-corrected chi connectivity index (χ0v) is 13.7. The average molecular weight is 376 g/mol. The highest BCUT2D eigenvalue weighted by Gasteiger charge is 2.27. The molecule has 0 aliphatic heterocycles. The fourth-order valence-electron chi connectivity index (χ4n) is 1.29. The number of hydrogen-bond donors (Lipinski definition) is 2. The van der Waals surface area contributed by atoms with E-state index in [1.807, 2.05) is 0 Å². The van der Waals surface area contributed by atoms with Crippen molar-refractivity contribution in [3.8, 4) is 0 Å². The van der Waals surface area contributed by atoms with Gasteiger partial charge in [-0.25, -0.2) is 9.36 Å². The lowest BCUT2D eigenvalue weighted by Gasteiger charge is -2.14. The van der Waals surface area contributed by atoms with Crippen LogP contribution in [-0.2, 0) is 18.6 Å². The number of rotatable bonds is 5. The number of esters is 1. The van der Waals surface area contributed by atoms with Gasteiger partial charge in [0, 0.05) is 5.56 Å². The molecule has 0 aromatic heterocycles. The van der Waals surface area contributed by atoms with Gasteiger partial charge in [-0.2, -0.15) is 0 Å². The van der Waals surface area contributed by atoms with E-state index < -0.39 is 24.6 Å². The number of hydrogen-bond acceptors (Lipinski definition) is 4. The summed E-state index contributed by atoms with van der Waals surface area (Å²) in [6, 6.07) is 4.23. The maximum Gasteiger partial charge on any atom is 0.524 e. The summed E-state index contributed by atoms with van der Waals surface area (Å²) in [5, 5.41) is -0.649. The normalized spacial score (nSPS) is 12.7. The molecule has 0 bridgehead atoms. The van der Waals surface area contributed by atoms with Gasteiger partial charge in [-0.15, -0.1) is 0 Å². The lowest BCUT2D eigenvalue weighted by Crippen LogP contribution is -2.07. The van der Waals surface area contributed by atoms with Crippen molar-refractivity contribution in [1.82, 2.24) is 0 Å². The summed E-state index contributed by atoms with van der Waals surface area (Å²) in [5.74, 6) is -1.63. The summed E-state index contributed by atoms with van der Waals surface area (Å²) >= 11 is 17.5. The van der Waals surface area contributed by atoms with E-state index in [0.29, 0.717) is 0 Å². The minimum Gasteiger partial charge on any atom is -0.462 e. The van der Waals surface area contributed by atoms with E-state index in [2.05, 4.69) is 9.26 Å². The molecule has 10 heteroatoms. The SMILES string of the molecule is CCOC(=O)C(Cl)=C(OP(=O)(O)O)c1cccc(Cl)c1Cl. The minimum absolute atomic E-state index is 0.0154. The van der Waals surface area contributed by atoms with Crippen LogP contribution >= 0.6 is 42.6 Å². The second-order valence-electron chi connectivity index (χ2n) is 3.55. The maximum absolute atomic E-state index is 11.6. The van der Waals surface area contributed by atoms with Crippen LogP contribution in [0.5, 0.6) is 0 Å². The van der Waals surface area contributed by atoms with E-state index in [1.165, 1.54) is 25.1 Å². The Hall–Kier alpha value is -0.750. The molecular weight excluding hydrogens is 365 g/mol. The summed E-state index contributed by atoms with van der Waals surface area (Å²) < 4.78 is 20.2. The fraction of sp³-hybridized carbons (Fsp3) is 0.182. The van der Waals surface area contributed by atoms with Gasteiger partial charge in [-0.3, -0.25) is 9.79 Å². The van der Waals surface area contributed by atoms with Crippen LogP contribution in [0.3, 0.4) is 0 Å². The Labute approximate surface area is 135 Å². The predicted molar refractivity (Wildman–Crippen MR) is 79.0 cm³/mol. The molecule has 0 atom stereocenters. The van der Waals surface area contributed by atoms with Gasteiger partial charge in [0.2, 0.25) is 0 Å². The summed E-state index contributed by atoms with van der Waals surface area (Å²) in [6.45, 7) is 1.56. The average Bonchev–Trinajstić information content (AvgIpc) is 2.38. The molecule has 0 saturated carbocycles. The van der Waals surface area contributed by atoms with E-state index in [9.17, 15) is 9.36 Å². The zero-order chi connectivity index (χ0) is 16.2. The molecule has 2 N–H and O–H groups in total. The second-order valence-corrected chi connectivity index (χ2v) is 5.87. The Balaban J connectivity index is 3.45. The quantitative estimate of drug-likeness (QED) is 0.354. The number of phosphoric acid groups is 1. The Kier molecular flexibility index (Phi) is 6.53. The van der Waals surface area contributed by atoms with Crippen LogP contribution in [0.2, 0.25) is 10.0 Å². The summed E-state index contributed by atoms with van der Waals surface area (Å²) in [6.07, 6.45) is 0. The van der Waals surface area contributed by atoms with Crippen molar-refractivity contribution in [3.63, 3.8) is 0 Å². The van der Waals surface area contributed by atoms with Crippen LogP contribution in [0.1, 0.15) is 12.5 Å². The van der Waals surface area contributed by atoms with E-state index >= 15 is 0 Å². The van der Waals surface area contributed by atoms with Crippen LogP contribution in [0, 0.1) is 0 Å². The molecule has 0 amide bonds. The molecule has 6 nitrogen and oxygen atoms in total. The second kappa shape index (κ2) is 7.49. The van der Waals surface area contributed by atoms with Crippen LogP contribution in [0.15, 0.2) is 23.2 Å². The van der Waals surface area contributed by atoms with E-state index in [1.54, 1.807) is 0 Å². The van der Waals surface area contributed by atoms with Gasteiger partial charge < -0.3 is 9.26 Å². The van der Waals surface area contributed by atoms with E-state index in [0.717, 1.165) is 0 Å². The molecular formula is C11H10Cl3O6P. The van der Waals surface area contributed by atoms with Crippen molar-refractivity contribution in [1.29, 1.82) is 0 Å². The molecule has 1 aromatic carbocycles. The van der Waals surface area contributed by atoms with Crippen molar-refractivity contribution in [2.45, 2.75) is 6.92 Å². The van der Waals surface area contributed by atoms with Crippen molar-refractivity contribution in [3.05, 3.63) is 38.8 Å². The Morgan fingerprint density at radius 1 is 1.33 bits per heavy atom. The zero-order valence-electron chi connectivity index (χ0n) is 10.5. The first kappa shape index (κ1) is 18.3. The molecule has 0 unspecified atom stereocenters. The van der Waals surface area contributed by atoms with Crippen LogP contribution < -0.4 is 0 Å². The molecule has 0 aliphatic rings. The molecule has 0 fully saturated rings. The van der Waals surface area contributed by atoms with Gasteiger partial charge in [-0.05, 0) is 19.1 Å². The molecule has 0 radical (unpaired) electrons. The fourth-order valence-corrected chi connectivity index (χ4v) is 2.36. The van der Waals surface area contributed by atoms with Gasteiger partial charge in [0.25, 0.3) is 0 Å². The van der Waals surface area contributed by atoms with E-state index in [4.69, 9.17) is 44.6 Å². The van der Waals surface area contributed by atoms with Crippen LogP contribution in [-0.4, -0.2) is 22.4 Å². The third-order valence-corrected chi connectivity index (χ3v) is 3.63. The van der Waals surface area contributed by atoms with Gasteiger partial charge >= 0.3 is 13.8 Å². The topological polar surface area (TPSA) is 93.1 Å². The lowest BCUT2D eigenvalue weighted by atomic mass is 10.2. The lowest BCUT2D eigenvalue weighted by molar-refractivity contribution is -0.137.